The molecule has 24 heavy (non-hydrogen) atoms. The van der Waals surface area contributed by atoms with Crippen LogP contribution in [0.4, 0.5) is 0 Å². The van der Waals surface area contributed by atoms with Crippen molar-refractivity contribution in [2.75, 3.05) is 13.2 Å². The monoisotopic (exact) mass is 412 g/mol. The van der Waals surface area contributed by atoms with Gasteiger partial charge in [-0.25, -0.2) is 0 Å². The summed E-state index contributed by atoms with van der Waals surface area (Å²) in [5, 5.41) is 0. The molecular weight excluding hydrogens is 396 g/mol. The third-order valence-corrected chi connectivity index (χ3v) is 4.20. The molecule has 3 rings (SSSR count). The van der Waals surface area contributed by atoms with Crippen molar-refractivity contribution >= 4 is 40.0 Å². The summed E-state index contributed by atoms with van der Waals surface area (Å²) in [6.07, 6.45) is 1.77. The van der Waals surface area contributed by atoms with Gasteiger partial charge in [0.2, 0.25) is 5.78 Å². The van der Waals surface area contributed by atoms with E-state index in [-0.39, 0.29) is 24.6 Å². The van der Waals surface area contributed by atoms with E-state index < -0.39 is 5.54 Å². The zero-order valence-corrected chi connectivity index (χ0v) is 15.5. The van der Waals surface area contributed by atoms with Crippen molar-refractivity contribution in [3.8, 4) is 0 Å². The first-order valence-electron chi connectivity index (χ1n) is 7.25. The predicted octanol–water partition coefficient (Wildman–Crippen LogP) is 3.49. The van der Waals surface area contributed by atoms with E-state index in [9.17, 15) is 4.79 Å². The molecular formula is C17H18BrClN2O3. The SMILES string of the molecule is CC1(c2cccc(CC(=O)c3cc(Br)co3)c2)COCC(N)=N1.Cl. The largest absolute Gasteiger partial charge is 0.460 e. The molecule has 2 aromatic rings. The zero-order valence-electron chi connectivity index (χ0n) is 13.1. The number of carbonyl (C=O) groups excluding carboxylic acids is 1. The maximum atomic E-state index is 12.3. The Hall–Kier alpha value is -1.63. The lowest BCUT2D eigenvalue weighted by Crippen LogP contribution is -2.37. The van der Waals surface area contributed by atoms with Gasteiger partial charge in [0.25, 0.3) is 0 Å². The van der Waals surface area contributed by atoms with Gasteiger partial charge in [-0.15, -0.1) is 12.4 Å². The summed E-state index contributed by atoms with van der Waals surface area (Å²) in [5.41, 5.74) is 7.16. The number of nitrogens with zero attached hydrogens (tertiary/aromatic N) is 1. The van der Waals surface area contributed by atoms with Crippen LogP contribution in [0.3, 0.4) is 0 Å². The van der Waals surface area contributed by atoms with Gasteiger partial charge >= 0.3 is 0 Å². The molecule has 0 radical (unpaired) electrons. The van der Waals surface area contributed by atoms with Crippen LogP contribution in [0.2, 0.25) is 0 Å². The second-order valence-corrected chi connectivity index (χ2v) is 6.71. The first-order chi connectivity index (χ1) is 11.0. The highest BCUT2D eigenvalue weighted by atomic mass is 79.9. The number of furan rings is 1. The fourth-order valence-electron chi connectivity index (χ4n) is 2.63. The van der Waals surface area contributed by atoms with Gasteiger partial charge in [0.05, 0.1) is 11.1 Å². The quantitative estimate of drug-likeness (QED) is 0.778. The molecule has 1 aliphatic rings. The van der Waals surface area contributed by atoms with Crippen LogP contribution >= 0.6 is 28.3 Å². The Labute approximate surface area is 154 Å². The summed E-state index contributed by atoms with van der Waals surface area (Å²) in [6, 6.07) is 9.46. The molecule has 1 atom stereocenters. The van der Waals surface area contributed by atoms with Crippen molar-refractivity contribution < 1.29 is 13.9 Å². The summed E-state index contributed by atoms with van der Waals surface area (Å²) in [7, 11) is 0. The Morgan fingerprint density at radius 3 is 2.88 bits per heavy atom. The first kappa shape index (κ1) is 18.7. The molecule has 0 saturated heterocycles. The van der Waals surface area contributed by atoms with Crippen molar-refractivity contribution in [3.63, 3.8) is 0 Å². The lowest BCUT2D eigenvalue weighted by molar-refractivity contribution is 0.0966. The van der Waals surface area contributed by atoms with Crippen LogP contribution in [0, 0.1) is 0 Å². The first-order valence-corrected chi connectivity index (χ1v) is 8.04. The normalized spacial score (nSPS) is 20.2. The van der Waals surface area contributed by atoms with Crippen LogP contribution in [0.5, 0.6) is 0 Å². The van der Waals surface area contributed by atoms with E-state index in [0.29, 0.717) is 24.8 Å². The minimum atomic E-state index is -0.519. The summed E-state index contributed by atoms with van der Waals surface area (Å²) in [4.78, 5) is 16.8. The van der Waals surface area contributed by atoms with Crippen molar-refractivity contribution in [3.05, 3.63) is 58.0 Å². The molecule has 0 aliphatic carbocycles. The molecule has 128 valence electrons. The number of amidine groups is 1. The van der Waals surface area contributed by atoms with Gasteiger partial charge in [0.1, 0.15) is 24.2 Å². The van der Waals surface area contributed by atoms with Crippen molar-refractivity contribution in [2.24, 2.45) is 10.7 Å². The highest BCUT2D eigenvalue weighted by molar-refractivity contribution is 9.10. The number of benzene rings is 1. The average molecular weight is 414 g/mol. The molecule has 0 fully saturated rings. The Kier molecular flexibility index (Phi) is 5.85. The molecule has 1 unspecified atom stereocenters. The van der Waals surface area contributed by atoms with Crippen LogP contribution < -0.4 is 5.73 Å². The number of ether oxygens (including phenoxy) is 1. The molecule has 7 heteroatoms. The van der Waals surface area contributed by atoms with Crippen LogP contribution in [-0.2, 0) is 16.7 Å². The van der Waals surface area contributed by atoms with Crippen LogP contribution in [0.25, 0.3) is 0 Å². The number of nitrogens with two attached hydrogens (primary N) is 1. The van der Waals surface area contributed by atoms with E-state index in [1.54, 1.807) is 6.07 Å². The highest BCUT2D eigenvalue weighted by Crippen LogP contribution is 2.29. The van der Waals surface area contributed by atoms with Crippen LogP contribution in [0.15, 0.2) is 50.5 Å². The smallest absolute Gasteiger partial charge is 0.202 e. The molecule has 1 aromatic carbocycles. The topological polar surface area (TPSA) is 77.8 Å². The molecule has 2 heterocycles. The lowest BCUT2D eigenvalue weighted by Gasteiger charge is -2.30. The van der Waals surface area contributed by atoms with Gasteiger partial charge in [0, 0.05) is 12.5 Å². The van der Waals surface area contributed by atoms with E-state index >= 15 is 0 Å². The second-order valence-electron chi connectivity index (χ2n) is 5.80. The van der Waals surface area contributed by atoms with Crippen molar-refractivity contribution in [2.45, 2.75) is 18.9 Å². The Morgan fingerprint density at radius 1 is 1.42 bits per heavy atom. The number of hydrogen-bond acceptors (Lipinski definition) is 5. The van der Waals surface area contributed by atoms with E-state index in [1.165, 1.54) is 6.26 Å². The standard InChI is InChI=1S/C17H17BrN2O3.ClH/c1-17(10-22-9-16(19)20-17)12-4-2-3-11(5-12)6-14(21)15-7-13(18)8-23-15;/h2-5,7-8H,6,9-10H2,1H3,(H2,19,20);1H. The summed E-state index contributed by atoms with van der Waals surface area (Å²) >= 11 is 3.28. The lowest BCUT2D eigenvalue weighted by atomic mass is 9.90. The third kappa shape index (κ3) is 4.06. The van der Waals surface area contributed by atoms with Gasteiger partial charge in [-0.2, -0.15) is 0 Å². The Morgan fingerprint density at radius 2 is 2.21 bits per heavy atom. The van der Waals surface area contributed by atoms with Gasteiger partial charge in [-0.1, -0.05) is 24.3 Å². The van der Waals surface area contributed by atoms with Crippen molar-refractivity contribution in [1.29, 1.82) is 0 Å². The van der Waals surface area contributed by atoms with Gasteiger partial charge in [-0.3, -0.25) is 9.79 Å². The molecule has 0 bridgehead atoms. The number of halogens is 2. The van der Waals surface area contributed by atoms with Crippen LogP contribution in [0.1, 0.15) is 28.6 Å². The number of hydrogen-bond donors (Lipinski definition) is 1. The molecule has 0 spiro atoms. The Bertz CT molecular complexity index is 775. The fourth-order valence-corrected chi connectivity index (χ4v) is 2.93. The van der Waals surface area contributed by atoms with E-state index in [1.807, 2.05) is 31.2 Å². The molecule has 5 nitrogen and oxygen atoms in total. The fraction of sp³-hybridized carbons (Fsp3) is 0.294. The van der Waals surface area contributed by atoms with E-state index in [0.717, 1.165) is 15.6 Å². The zero-order chi connectivity index (χ0) is 16.4. The van der Waals surface area contributed by atoms with E-state index in [4.69, 9.17) is 14.9 Å². The van der Waals surface area contributed by atoms with Gasteiger partial charge < -0.3 is 14.9 Å². The predicted molar refractivity (Wildman–Crippen MR) is 97.9 cm³/mol. The summed E-state index contributed by atoms with van der Waals surface area (Å²) in [6.45, 7) is 2.81. The molecule has 0 amide bonds. The van der Waals surface area contributed by atoms with Gasteiger partial charge in [0.15, 0.2) is 5.76 Å². The number of aliphatic imine (C=N–C) groups is 1. The molecule has 1 aliphatic heterocycles. The molecule has 2 N–H and O–H groups in total. The number of carbonyl (C=O) groups is 1. The molecule has 0 saturated carbocycles. The minimum absolute atomic E-state index is 0. The summed E-state index contributed by atoms with van der Waals surface area (Å²) in [5.74, 6) is 0.762. The van der Waals surface area contributed by atoms with Gasteiger partial charge in [-0.05, 0) is 34.0 Å². The molecule has 1 aromatic heterocycles. The highest BCUT2D eigenvalue weighted by Gasteiger charge is 2.30. The number of ketones is 1. The Balaban J connectivity index is 0.00000208. The van der Waals surface area contributed by atoms with Crippen LogP contribution in [-0.4, -0.2) is 24.8 Å². The second kappa shape index (κ2) is 7.51. The summed E-state index contributed by atoms with van der Waals surface area (Å²) < 4.78 is 11.5. The maximum Gasteiger partial charge on any atom is 0.202 e. The number of Topliss-reactive ketones (excluding diaryl/α,β-unsaturated/α-hetero) is 1. The minimum Gasteiger partial charge on any atom is -0.460 e. The third-order valence-electron chi connectivity index (χ3n) is 3.78. The maximum absolute atomic E-state index is 12.3. The number of rotatable bonds is 4. The van der Waals surface area contributed by atoms with Crippen molar-refractivity contribution in [1.82, 2.24) is 0 Å². The average Bonchev–Trinajstić information content (AvgIpc) is 2.94. The van der Waals surface area contributed by atoms with E-state index in [2.05, 4.69) is 20.9 Å².